The van der Waals surface area contributed by atoms with E-state index in [1.807, 2.05) is 4.90 Å². The normalized spacial score (nSPS) is 23.0. The maximum atomic E-state index is 12.1. The molecule has 1 atom stereocenters. The fourth-order valence-corrected chi connectivity index (χ4v) is 2.13. The minimum Gasteiger partial charge on any atom is -0.409 e. The summed E-state index contributed by atoms with van der Waals surface area (Å²) in [5, 5.41) is 11.5. The number of amidine groups is 1. The molecule has 0 radical (unpaired) electrons. The van der Waals surface area contributed by atoms with Crippen LogP contribution in [0.4, 0.5) is 0 Å². The van der Waals surface area contributed by atoms with Crippen LogP contribution in [0.1, 0.15) is 40.0 Å². The Hall–Kier alpha value is -1.26. The zero-order valence-electron chi connectivity index (χ0n) is 10.9. The van der Waals surface area contributed by atoms with Gasteiger partial charge in [0.1, 0.15) is 0 Å². The lowest BCUT2D eigenvalue weighted by atomic mass is 9.85. The largest absolute Gasteiger partial charge is 0.409 e. The lowest BCUT2D eigenvalue weighted by Gasteiger charge is -2.25. The zero-order chi connectivity index (χ0) is 13.1. The summed E-state index contributed by atoms with van der Waals surface area (Å²) in [5.41, 5.74) is 5.77. The van der Waals surface area contributed by atoms with E-state index >= 15 is 0 Å². The predicted octanol–water partition coefficient (Wildman–Crippen LogP) is 1.41. The molecule has 0 bridgehead atoms. The van der Waals surface area contributed by atoms with Crippen molar-refractivity contribution in [3.05, 3.63) is 0 Å². The van der Waals surface area contributed by atoms with E-state index in [1.165, 1.54) is 0 Å². The van der Waals surface area contributed by atoms with Gasteiger partial charge >= 0.3 is 0 Å². The van der Waals surface area contributed by atoms with Crippen molar-refractivity contribution < 1.29 is 10.0 Å². The van der Waals surface area contributed by atoms with E-state index in [9.17, 15) is 4.79 Å². The molecule has 0 saturated carbocycles. The third-order valence-corrected chi connectivity index (χ3v) is 3.58. The van der Waals surface area contributed by atoms with Gasteiger partial charge in [0.2, 0.25) is 5.91 Å². The molecule has 0 aromatic carbocycles. The predicted molar refractivity (Wildman–Crippen MR) is 66.8 cm³/mol. The van der Waals surface area contributed by atoms with Gasteiger partial charge in [-0.25, -0.2) is 0 Å². The molecule has 3 N–H and O–H groups in total. The standard InChI is InChI=1S/C12H23N3O2/c1-9(10(13)14-17)11(16)15-7-4-5-12(2,3)6-8-15/h9,17H,4-8H2,1-3H3,(H2,13,14). The smallest absolute Gasteiger partial charge is 0.233 e. The Kier molecular flexibility index (Phi) is 4.37. The van der Waals surface area contributed by atoms with Gasteiger partial charge in [-0.3, -0.25) is 4.79 Å². The summed E-state index contributed by atoms with van der Waals surface area (Å²) in [7, 11) is 0. The molecule has 1 heterocycles. The average molecular weight is 241 g/mol. The van der Waals surface area contributed by atoms with E-state index < -0.39 is 5.92 Å². The van der Waals surface area contributed by atoms with Crippen molar-refractivity contribution in [2.45, 2.75) is 40.0 Å². The molecule has 0 aromatic rings. The summed E-state index contributed by atoms with van der Waals surface area (Å²) in [4.78, 5) is 13.9. The highest BCUT2D eigenvalue weighted by atomic mass is 16.4. The number of oxime groups is 1. The number of likely N-dealkylation sites (tertiary alicyclic amines) is 1. The van der Waals surface area contributed by atoms with Crippen LogP contribution in [0.3, 0.4) is 0 Å². The second kappa shape index (κ2) is 5.38. The van der Waals surface area contributed by atoms with Crippen LogP contribution in [0.2, 0.25) is 0 Å². The number of rotatable bonds is 2. The first-order valence-corrected chi connectivity index (χ1v) is 6.13. The molecule has 5 heteroatoms. The topological polar surface area (TPSA) is 78.9 Å². The van der Waals surface area contributed by atoms with Gasteiger partial charge in [-0.05, 0) is 31.6 Å². The van der Waals surface area contributed by atoms with Crippen LogP contribution in [0.15, 0.2) is 5.16 Å². The summed E-state index contributed by atoms with van der Waals surface area (Å²) >= 11 is 0. The number of hydrogen-bond donors (Lipinski definition) is 2. The van der Waals surface area contributed by atoms with E-state index in [1.54, 1.807) is 6.92 Å². The van der Waals surface area contributed by atoms with Crippen LogP contribution in [0.5, 0.6) is 0 Å². The first kappa shape index (κ1) is 13.8. The Balaban J connectivity index is 2.64. The van der Waals surface area contributed by atoms with Gasteiger partial charge in [0.25, 0.3) is 0 Å². The summed E-state index contributed by atoms with van der Waals surface area (Å²) in [6, 6.07) is 0. The lowest BCUT2D eigenvalue weighted by Crippen LogP contribution is -2.41. The highest BCUT2D eigenvalue weighted by molar-refractivity contribution is 6.01. The number of carbonyl (C=O) groups excluding carboxylic acids is 1. The fraction of sp³-hybridized carbons (Fsp3) is 0.833. The summed E-state index contributed by atoms with van der Waals surface area (Å²) in [5.74, 6) is -0.599. The van der Waals surface area contributed by atoms with Crippen molar-refractivity contribution in [3.8, 4) is 0 Å². The van der Waals surface area contributed by atoms with E-state index in [0.717, 1.165) is 32.4 Å². The second-order valence-corrected chi connectivity index (χ2v) is 5.59. The second-order valence-electron chi connectivity index (χ2n) is 5.59. The van der Waals surface area contributed by atoms with Crippen LogP contribution in [-0.4, -0.2) is 34.9 Å². The first-order chi connectivity index (χ1) is 7.87. The molecule has 1 aliphatic heterocycles. The van der Waals surface area contributed by atoms with E-state index in [2.05, 4.69) is 19.0 Å². The molecule has 17 heavy (non-hydrogen) atoms. The molecule has 0 aromatic heterocycles. The minimum atomic E-state index is -0.541. The van der Waals surface area contributed by atoms with Gasteiger partial charge < -0.3 is 15.8 Å². The van der Waals surface area contributed by atoms with Crippen LogP contribution >= 0.6 is 0 Å². The Morgan fingerprint density at radius 2 is 2.06 bits per heavy atom. The summed E-state index contributed by atoms with van der Waals surface area (Å²) in [6.07, 6.45) is 3.15. The SMILES string of the molecule is CC(C(=O)N1CCCC(C)(C)CC1)C(N)=NO. The van der Waals surface area contributed by atoms with Crippen molar-refractivity contribution in [1.82, 2.24) is 4.90 Å². The van der Waals surface area contributed by atoms with E-state index in [0.29, 0.717) is 5.41 Å². The number of carbonyl (C=O) groups is 1. The average Bonchev–Trinajstić information content (AvgIpc) is 2.47. The monoisotopic (exact) mass is 241 g/mol. The molecule has 1 fully saturated rings. The van der Waals surface area contributed by atoms with Gasteiger partial charge in [-0.1, -0.05) is 19.0 Å². The van der Waals surface area contributed by atoms with Crippen molar-refractivity contribution in [2.75, 3.05) is 13.1 Å². The highest BCUT2D eigenvalue weighted by Gasteiger charge is 2.28. The molecule has 1 unspecified atom stereocenters. The quantitative estimate of drug-likeness (QED) is 0.332. The van der Waals surface area contributed by atoms with Crippen LogP contribution in [-0.2, 0) is 4.79 Å². The van der Waals surface area contributed by atoms with E-state index in [4.69, 9.17) is 10.9 Å². The number of nitrogens with zero attached hydrogens (tertiary/aromatic N) is 2. The third-order valence-electron chi connectivity index (χ3n) is 3.58. The molecule has 98 valence electrons. The minimum absolute atomic E-state index is 0.0153. The third kappa shape index (κ3) is 3.61. The van der Waals surface area contributed by atoms with Gasteiger partial charge in [0, 0.05) is 13.1 Å². The van der Waals surface area contributed by atoms with Crippen LogP contribution < -0.4 is 5.73 Å². The summed E-state index contributed by atoms with van der Waals surface area (Å²) < 4.78 is 0. The Morgan fingerprint density at radius 3 is 2.65 bits per heavy atom. The molecular weight excluding hydrogens is 218 g/mol. The van der Waals surface area contributed by atoms with E-state index in [-0.39, 0.29) is 11.7 Å². The highest BCUT2D eigenvalue weighted by Crippen LogP contribution is 2.30. The molecule has 5 nitrogen and oxygen atoms in total. The van der Waals surface area contributed by atoms with Crippen LogP contribution in [0.25, 0.3) is 0 Å². The lowest BCUT2D eigenvalue weighted by molar-refractivity contribution is -0.133. The molecule has 0 aliphatic carbocycles. The molecule has 1 rings (SSSR count). The fourth-order valence-electron chi connectivity index (χ4n) is 2.13. The maximum Gasteiger partial charge on any atom is 0.233 e. The van der Waals surface area contributed by atoms with Crippen molar-refractivity contribution >= 4 is 11.7 Å². The van der Waals surface area contributed by atoms with Crippen molar-refractivity contribution in [2.24, 2.45) is 22.2 Å². The Labute approximate surface area is 103 Å². The van der Waals surface area contributed by atoms with Gasteiger partial charge in [-0.15, -0.1) is 0 Å². The number of hydrogen-bond acceptors (Lipinski definition) is 3. The van der Waals surface area contributed by atoms with Crippen molar-refractivity contribution in [1.29, 1.82) is 0 Å². The first-order valence-electron chi connectivity index (χ1n) is 6.13. The molecule has 1 aliphatic rings. The molecule has 1 saturated heterocycles. The van der Waals surface area contributed by atoms with Gasteiger partial charge in [-0.2, -0.15) is 0 Å². The van der Waals surface area contributed by atoms with Gasteiger partial charge in [0.05, 0.1) is 5.92 Å². The Morgan fingerprint density at radius 1 is 1.41 bits per heavy atom. The maximum absolute atomic E-state index is 12.1. The van der Waals surface area contributed by atoms with Crippen molar-refractivity contribution in [3.63, 3.8) is 0 Å². The number of amides is 1. The molecular formula is C12H23N3O2. The van der Waals surface area contributed by atoms with Gasteiger partial charge in [0.15, 0.2) is 5.84 Å². The molecule has 1 amide bonds. The number of nitrogens with two attached hydrogens (primary N) is 1. The summed E-state index contributed by atoms with van der Waals surface area (Å²) in [6.45, 7) is 7.66. The Bertz CT molecular complexity index is 313. The molecule has 0 spiro atoms. The van der Waals surface area contributed by atoms with Crippen LogP contribution in [0, 0.1) is 11.3 Å². The zero-order valence-corrected chi connectivity index (χ0v) is 10.9.